The van der Waals surface area contributed by atoms with Crippen molar-refractivity contribution in [2.45, 2.75) is 31.7 Å². The van der Waals surface area contributed by atoms with Gasteiger partial charge < -0.3 is 5.32 Å². The first-order valence-corrected chi connectivity index (χ1v) is 5.24. The van der Waals surface area contributed by atoms with Gasteiger partial charge in [0.1, 0.15) is 0 Å². The summed E-state index contributed by atoms with van der Waals surface area (Å²) in [4.78, 5) is 12.0. The third kappa shape index (κ3) is 2.07. The van der Waals surface area contributed by atoms with Gasteiger partial charge in [0.15, 0.2) is 5.78 Å². The number of hydrogen-bond acceptors (Lipinski definition) is 4. The number of Topliss-reactive ketones (excluding diaryl/α,β-unsaturated/α-hetero) is 1. The van der Waals surface area contributed by atoms with Gasteiger partial charge in [0, 0.05) is 13.2 Å². The van der Waals surface area contributed by atoms with Crippen molar-refractivity contribution in [3.8, 4) is 0 Å². The van der Waals surface area contributed by atoms with E-state index in [0.717, 1.165) is 25.1 Å². The van der Waals surface area contributed by atoms with Crippen LogP contribution in [0.15, 0.2) is 6.20 Å². The van der Waals surface area contributed by atoms with Crippen LogP contribution >= 0.6 is 0 Å². The lowest BCUT2D eigenvalue weighted by Crippen LogP contribution is -2.45. The Morgan fingerprint density at radius 3 is 3.07 bits per heavy atom. The number of hydrogen-bond donors (Lipinski definition) is 1. The summed E-state index contributed by atoms with van der Waals surface area (Å²) in [6, 6.07) is 0. The van der Waals surface area contributed by atoms with Gasteiger partial charge in [0.05, 0.1) is 17.7 Å². The lowest BCUT2D eigenvalue weighted by atomic mass is 9.92. The molecular weight excluding hydrogens is 192 g/mol. The highest BCUT2D eigenvalue weighted by atomic mass is 16.1. The largest absolute Gasteiger partial charge is 0.305 e. The molecule has 82 valence electrons. The van der Waals surface area contributed by atoms with Gasteiger partial charge in [-0.05, 0) is 26.3 Å². The van der Waals surface area contributed by atoms with Crippen LogP contribution in [0, 0.1) is 0 Å². The van der Waals surface area contributed by atoms with E-state index in [1.54, 1.807) is 17.9 Å². The number of nitrogens with zero attached hydrogens (tertiary/aromatic N) is 3. The van der Waals surface area contributed by atoms with Crippen LogP contribution in [0.3, 0.4) is 0 Å². The van der Waals surface area contributed by atoms with Crippen molar-refractivity contribution in [2.24, 2.45) is 7.05 Å². The molecule has 2 rings (SSSR count). The normalized spacial score (nSPS) is 25.7. The summed E-state index contributed by atoms with van der Waals surface area (Å²) in [5.74, 6) is 0.209. The molecule has 15 heavy (non-hydrogen) atoms. The van der Waals surface area contributed by atoms with Crippen molar-refractivity contribution < 1.29 is 4.79 Å². The molecule has 1 atom stereocenters. The smallest absolute Gasteiger partial charge is 0.158 e. The maximum atomic E-state index is 12.0. The van der Waals surface area contributed by atoms with Crippen LogP contribution in [0.25, 0.3) is 0 Å². The van der Waals surface area contributed by atoms with Gasteiger partial charge in [-0.15, -0.1) is 5.10 Å². The molecule has 1 fully saturated rings. The molecule has 0 saturated carbocycles. The zero-order valence-electron chi connectivity index (χ0n) is 9.16. The summed E-state index contributed by atoms with van der Waals surface area (Å²) in [5.41, 5.74) is 0.398. The van der Waals surface area contributed by atoms with E-state index >= 15 is 0 Å². The predicted octanol–water partition coefficient (Wildman–Crippen LogP) is 0.0688. The lowest BCUT2D eigenvalue weighted by molar-refractivity contribution is -0.123. The number of rotatable bonds is 3. The third-order valence-electron chi connectivity index (χ3n) is 2.98. The number of aromatic nitrogens is 3. The quantitative estimate of drug-likeness (QED) is 0.763. The summed E-state index contributed by atoms with van der Waals surface area (Å²) >= 11 is 0. The van der Waals surface area contributed by atoms with Crippen LogP contribution in [0.5, 0.6) is 0 Å². The van der Waals surface area contributed by atoms with Crippen molar-refractivity contribution in [1.29, 1.82) is 0 Å². The molecular formula is C10H16N4O. The van der Waals surface area contributed by atoms with Crippen molar-refractivity contribution in [2.75, 3.05) is 6.54 Å². The molecule has 1 aromatic rings. The van der Waals surface area contributed by atoms with E-state index in [4.69, 9.17) is 0 Å². The van der Waals surface area contributed by atoms with Crippen molar-refractivity contribution in [3.63, 3.8) is 0 Å². The Morgan fingerprint density at radius 2 is 2.53 bits per heavy atom. The first-order chi connectivity index (χ1) is 7.10. The zero-order valence-corrected chi connectivity index (χ0v) is 9.16. The van der Waals surface area contributed by atoms with Gasteiger partial charge in [-0.1, -0.05) is 5.21 Å². The van der Waals surface area contributed by atoms with Gasteiger partial charge in [-0.25, -0.2) is 0 Å². The van der Waals surface area contributed by atoms with E-state index in [2.05, 4.69) is 15.6 Å². The molecule has 0 spiro atoms. The average Bonchev–Trinajstić information content (AvgIpc) is 2.76. The van der Waals surface area contributed by atoms with Crippen LogP contribution in [-0.4, -0.2) is 32.9 Å². The molecule has 0 aromatic carbocycles. The van der Waals surface area contributed by atoms with E-state index in [0.29, 0.717) is 6.42 Å². The molecule has 1 aliphatic rings. The van der Waals surface area contributed by atoms with Crippen molar-refractivity contribution in [1.82, 2.24) is 20.3 Å². The van der Waals surface area contributed by atoms with Crippen LogP contribution in [0.4, 0.5) is 0 Å². The average molecular weight is 208 g/mol. The van der Waals surface area contributed by atoms with Crippen LogP contribution in [0.1, 0.15) is 25.5 Å². The number of ketones is 1. The minimum absolute atomic E-state index is 0.209. The second kappa shape index (κ2) is 3.73. The van der Waals surface area contributed by atoms with E-state index in [1.807, 2.05) is 6.92 Å². The van der Waals surface area contributed by atoms with Crippen LogP contribution in [0.2, 0.25) is 0 Å². The molecule has 1 unspecified atom stereocenters. The minimum Gasteiger partial charge on any atom is -0.305 e. The van der Waals surface area contributed by atoms with E-state index in [-0.39, 0.29) is 11.3 Å². The molecule has 1 aliphatic heterocycles. The molecule has 0 amide bonds. The Kier molecular flexibility index (Phi) is 2.56. The monoisotopic (exact) mass is 208 g/mol. The SMILES string of the molecule is Cn1cc(CC(=O)C2(C)CCCN2)nn1. The molecule has 0 radical (unpaired) electrons. The highest BCUT2D eigenvalue weighted by Crippen LogP contribution is 2.20. The van der Waals surface area contributed by atoms with Crippen LogP contribution < -0.4 is 5.32 Å². The lowest BCUT2D eigenvalue weighted by Gasteiger charge is -2.21. The summed E-state index contributed by atoms with van der Waals surface area (Å²) in [6.07, 6.45) is 4.16. The number of carbonyl (C=O) groups is 1. The molecule has 5 nitrogen and oxygen atoms in total. The molecule has 1 saturated heterocycles. The molecule has 5 heteroatoms. The van der Waals surface area contributed by atoms with Crippen LogP contribution in [-0.2, 0) is 18.3 Å². The van der Waals surface area contributed by atoms with Gasteiger partial charge in [-0.3, -0.25) is 9.48 Å². The Labute approximate surface area is 88.9 Å². The second-order valence-electron chi connectivity index (χ2n) is 4.35. The summed E-state index contributed by atoms with van der Waals surface area (Å²) in [7, 11) is 1.80. The Hall–Kier alpha value is -1.23. The highest BCUT2D eigenvalue weighted by molar-refractivity contribution is 5.89. The van der Waals surface area contributed by atoms with E-state index in [1.165, 1.54) is 0 Å². The molecule has 1 N–H and O–H groups in total. The van der Waals surface area contributed by atoms with Gasteiger partial charge in [-0.2, -0.15) is 0 Å². The van der Waals surface area contributed by atoms with Gasteiger partial charge in [0.25, 0.3) is 0 Å². The Morgan fingerprint density at radius 1 is 1.73 bits per heavy atom. The van der Waals surface area contributed by atoms with Gasteiger partial charge >= 0.3 is 0 Å². The summed E-state index contributed by atoms with van der Waals surface area (Å²) in [6.45, 7) is 2.90. The maximum Gasteiger partial charge on any atom is 0.158 e. The standard InChI is InChI=1S/C10H16N4O/c1-10(4-3-5-11-10)9(15)6-8-7-14(2)13-12-8/h7,11H,3-6H2,1-2H3. The summed E-state index contributed by atoms with van der Waals surface area (Å²) in [5, 5.41) is 11.0. The van der Waals surface area contributed by atoms with Crippen molar-refractivity contribution in [3.05, 3.63) is 11.9 Å². The summed E-state index contributed by atoms with van der Waals surface area (Å²) < 4.78 is 1.62. The fraction of sp³-hybridized carbons (Fsp3) is 0.700. The Bertz CT molecular complexity index is 365. The van der Waals surface area contributed by atoms with Gasteiger partial charge in [0.2, 0.25) is 0 Å². The first-order valence-electron chi connectivity index (χ1n) is 5.24. The first kappa shape index (κ1) is 10.3. The Balaban J connectivity index is 2.03. The molecule has 2 heterocycles. The molecule has 0 bridgehead atoms. The topological polar surface area (TPSA) is 59.8 Å². The van der Waals surface area contributed by atoms with E-state index in [9.17, 15) is 4.79 Å². The maximum absolute atomic E-state index is 12.0. The number of aryl methyl sites for hydroxylation is 1. The second-order valence-corrected chi connectivity index (χ2v) is 4.35. The van der Waals surface area contributed by atoms with Crippen molar-refractivity contribution >= 4 is 5.78 Å². The molecule has 0 aliphatic carbocycles. The highest BCUT2D eigenvalue weighted by Gasteiger charge is 2.35. The number of nitrogens with one attached hydrogen (secondary N) is 1. The third-order valence-corrected chi connectivity index (χ3v) is 2.98. The molecule has 1 aromatic heterocycles. The minimum atomic E-state index is -0.350. The van der Waals surface area contributed by atoms with E-state index < -0.39 is 0 Å². The predicted molar refractivity (Wildman–Crippen MR) is 55.4 cm³/mol. The fourth-order valence-electron chi connectivity index (χ4n) is 1.97. The zero-order chi connectivity index (χ0) is 10.9. The fourth-order valence-corrected chi connectivity index (χ4v) is 1.97. The number of carbonyl (C=O) groups excluding carboxylic acids is 1.